The van der Waals surface area contributed by atoms with Gasteiger partial charge in [-0.05, 0) is 13.0 Å². The standard InChI is InChI=1S/C13H16N2O6/c1-9(13(17)20-2)21-12(16)7-8-14-10-5-3-4-6-11(10)15(18)19/h3-6,9,14H,7-8H2,1-2H3/t9-/m0/s1. The number of benzene rings is 1. The summed E-state index contributed by atoms with van der Waals surface area (Å²) in [5, 5.41) is 13.6. The first-order valence-electron chi connectivity index (χ1n) is 6.20. The summed E-state index contributed by atoms with van der Waals surface area (Å²) in [7, 11) is 1.20. The first-order valence-corrected chi connectivity index (χ1v) is 6.20. The van der Waals surface area contributed by atoms with Gasteiger partial charge in [0, 0.05) is 12.6 Å². The number of esters is 2. The topological polar surface area (TPSA) is 108 Å². The summed E-state index contributed by atoms with van der Waals surface area (Å²) in [5.74, 6) is -1.24. The second kappa shape index (κ2) is 7.83. The lowest BCUT2D eigenvalue weighted by Crippen LogP contribution is -2.26. The maximum atomic E-state index is 11.5. The van der Waals surface area contributed by atoms with Gasteiger partial charge in [0.2, 0.25) is 0 Å². The first-order chi connectivity index (χ1) is 9.95. The minimum Gasteiger partial charge on any atom is -0.466 e. The SMILES string of the molecule is COC(=O)[C@H](C)OC(=O)CCNc1ccccc1[N+](=O)[O-]. The molecule has 0 aliphatic heterocycles. The van der Waals surface area contributed by atoms with Crippen molar-refractivity contribution < 1.29 is 24.0 Å². The van der Waals surface area contributed by atoms with Gasteiger partial charge in [0.15, 0.2) is 6.10 Å². The van der Waals surface area contributed by atoms with E-state index in [1.165, 1.54) is 20.1 Å². The Balaban J connectivity index is 2.45. The molecule has 8 heteroatoms. The van der Waals surface area contributed by atoms with Gasteiger partial charge in [-0.2, -0.15) is 0 Å². The molecule has 0 saturated carbocycles. The molecule has 0 aromatic heterocycles. The fourth-order valence-corrected chi connectivity index (χ4v) is 1.55. The Kier molecular flexibility index (Phi) is 6.12. The molecule has 1 atom stereocenters. The highest BCUT2D eigenvalue weighted by molar-refractivity contribution is 5.79. The average molecular weight is 296 g/mol. The third kappa shape index (κ3) is 5.09. The lowest BCUT2D eigenvalue weighted by molar-refractivity contribution is -0.384. The van der Waals surface area contributed by atoms with E-state index in [1.54, 1.807) is 18.2 Å². The monoisotopic (exact) mass is 296 g/mol. The van der Waals surface area contributed by atoms with Crippen molar-refractivity contribution in [2.24, 2.45) is 0 Å². The van der Waals surface area contributed by atoms with Crippen LogP contribution in [0.1, 0.15) is 13.3 Å². The summed E-state index contributed by atoms with van der Waals surface area (Å²) < 4.78 is 9.25. The Morgan fingerprint density at radius 1 is 1.38 bits per heavy atom. The number of rotatable bonds is 7. The average Bonchev–Trinajstić information content (AvgIpc) is 2.46. The van der Waals surface area contributed by atoms with E-state index in [-0.39, 0.29) is 18.7 Å². The molecule has 1 aromatic carbocycles. The second-order valence-electron chi connectivity index (χ2n) is 4.11. The van der Waals surface area contributed by atoms with Crippen molar-refractivity contribution in [2.45, 2.75) is 19.4 Å². The fourth-order valence-electron chi connectivity index (χ4n) is 1.55. The Hall–Kier alpha value is -2.64. The third-order valence-corrected chi connectivity index (χ3v) is 2.59. The van der Waals surface area contributed by atoms with Crippen LogP contribution in [0.15, 0.2) is 24.3 Å². The molecule has 0 spiro atoms. The van der Waals surface area contributed by atoms with Gasteiger partial charge < -0.3 is 14.8 Å². The molecule has 0 bridgehead atoms. The molecule has 21 heavy (non-hydrogen) atoms. The van der Waals surface area contributed by atoms with Gasteiger partial charge in [0.1, 0.15) is 5.69 Å². The van der Waals surface area contributed by atoms with Crippen LogP contribution in [0.3, 0.4) is 0 Å². The summed E-state index contributed by atoms with van der Waals surface area (Å²) >= 11 is 0. The number of nitro groups is 1. The Morgan fingerprint density at radius 2 is 2.05 bits per heavy atom. The fraction of sp³-hybridized carbons (Fsp3) is 0.385. The highest BCUT2D eigenvalue weighted by atomic mass is 16.6. The van der Waals surface area contributed by atoms with Crippen LogP contribution in [0.5, 0.6) is 0 Å². The van der Waals surface area contributed by atoms with Crippen molar-refractivity contribution in [1.29, 1.82) is 0 Å². The number of ether oxygens (including phenoxy) is 2. The van der Waals surface area contributed by atoms with E-state index >= 15 is 0 Å². The van der Waals surface area contributed by atoms with Crippen LogP contribution in [0, 0.1) is 10.1 Å². The van der Waals surface area contributed by atoms with Crippen LogP contribution in [-0.2, 0) is 19.1 Å². The molecule has 0 amide bonds. The number of para-hydroxylation sites is 2. The van der Waals surface area contributed by atoms with Crippen molar-refractivity contribution in [3.05, 3.63) is 34.4 Å². The predicted octanol–water partition coefficient (Wildman–Crippen LogP) is 1.50. The van der Waals surface area contributed by atoms with Crippen molar-refractivity contribution >= 4 is 23.3 Å². The molecule has 0 heterocycles. The van der Waals surface area contributed by atoms with E-state index in [0.29, 0.717) is 5.69 Å². The smallest absolute Gasteiger partial charge is 0.346 e. The highest BCUT2D eigenvalue weighted by Gasteiger charge is 2.18. The van der Waals surface area contributed by atoms with E-state index in [9.17, 15) is 19.7 Å². The Morgan fingerprint density at radius 3 is 2.67 bits per heavy atom. The van der Waals surface area contributed by atoms with Crippen LogP contribution in [0.4, 0.5) is 11.4 Å². The number of nitrogens with one attached hydrogen (secondary N) is 1. The largest absolute Gasteiger partial charge is 0.466 e. The predicted molar refractivity (Wildman–Crippen MR) is 73.8 cm³/mol. The molecule has 0 aliphatic rings. The van der Waals surface area contributed by atoms with E-state index in [2.05, 4.69) is 10.1 Å². The van der Waals surface area contributed by atoms with Crippen molar-refractivity contribution in [3.8, 4) is 0 Å². The number of methoxy groups -OCH3 is 1. The van der Waals surface area contributed by atoms with Gasteiger partial charge >= 0.3 is 11.9 Å². The maximum Gasteiger partial charge on any atom is 0.346 e. The van der Waals surface area contributed by atoms with Crippen LogP contribution >= 0.6 is 0 Å². The zero-order valence-corrected chi connectivity index (χ0v) is 11.7. The molecule has 1 N–H and O–H groups in total. The minimum atomic E-state index is -0.978. The lowest BCUT2D eigenvalue weighted by Gasteiger charge is -2.11. The molecule has 114 valence electrons. The molecule has 0 radical (unpaired) electrons. The molecule has 0 fully saturated rings. The van der Waals surface area contributed by atoms with E-state index < -0.39 is 23.0 Å². The molecule has 1 rings (SSSR count). The quantitative estimate of drug-likeness (QED) is 0.461. The van der Waals surface area contributed by atoms with Crippen LogP contribution in [0.2, 0.25) is 0 Å². The molecule has 1 aromatic rings. The molecule has 0 unspecified atom stereocenters. The number of carbonyl (C=O) groups is 2. The van der Waals surface area contributed by atoms with Crippen LogP contribution in [-0.4, -0.2) is 36.6 Å². The lowest BCUT2D eigenvalue weighted by atomic mass is 10.2. The van der Waals surface area contributed by atoms with Crippen LogP contribution in [0.25, 0.3) is 0 Å². The van der Waals surface area contributed by atoms with Gasteiger partial charge in [0.25, 0.3) is 5.69 Å². The van der Waals surface area contributed by atoms with Gasteiger partial charge in [-0.3, -0.25) is 14.9 Å². The van der Waals surface area contributed by atoms with Crippen molar-refractivity contribution in [1.82, 2.24) is 0 Å². The van der Waals surface area contributed by atoms with Gasteiger partial charge in [0.05, 0.1) is 18.5 Å². The van der Waals surface area contributed by atoms with E-state index in [1.807, 2.05) is 0 Å². The normalized spacial score (nSPS) is 11.3. The Bertz CT molecular complexity index is 531. The van der Waals surface area contributed by atoms with E-state index in [0.717, 1.165) is 0 Å². The number of hydrogen-bond acceptors (Lipinski definition) is 7. The van der Waals surface area contributed by atoms with Crippen molar-refractivity contribution in [3.63, 3.8) is 0 Å². The number of anilines is 1. The Labute approximate surface area is 121 Å². The summed E-state index contributed by atoms with van der Waals surface area (Å²) in [6.45, 7) is 1.55. The number of nitrogens with zero attached hydrogens (tertiary/aromatic N) is 1. The first kappa shape index (κ1) is 16.4. The number of carbonyl (C=O) groups excluding carboxylic acids is 2. The zero-order valence-electron chi connectivity index (χ0n) is 11.7. The number of hydrogen-bond donors (Lipinski definition) is 1. The van der Waals surface area contributed by atoms with Gasteiger partial charge in [-0.25, -0.2) is 4.79 Å². The van der Waals surface area contributed by atoms with Gasteiger partial charge in [-0.1, -0.05) is 12.1 Å². The van der Waals surface area contributed by atoms with Crippen molar-refractivity contribution in [2.75, 3.05) is 19.0 Å². The number of nitro benzene ring substituents is 1. The molecular formula is C13H16N2O6. The third-order valence-electron chi connectivity index (χ3n) is 2.59. The summed E-state index contributed by atoms with van der Waals surface area (Å²) in [5.41, 5.74) is 0.241. The van der Waals surface area contributed by atoms with Gasteiger partial charge in [-0.15, -0.1) is 0 Å². The summed E-state index contributed by atoms with van der Waals surface area (Å²) in [6, 6.07) is 6.10. The minimum absolute atomic E-state index is 0.0343. The van der Waals surface area contributed by atoms with E-state index in [4.69, 9.17) is 4.74 Å². The van der Waals surface area contributed by atoms with Crippen LogP contribution < -0.4 is 5.32 Å². The summed E-state index contributed by atoms with van der Waals surface area (Å²) in [6.07, 6.45) is -1.01. The summed E-state index contributed by atoms with van der Waals surface area (Å²) in [4.78, 5) is 32.8. The molecule has 0 aliphatic carbocycles. The molecular weight excluding hydrogens is 280 g/mol. The highest BCUT2D eigenvalue weighted by Crippen LogP contribution is 2.22. The molecule has 8 nitrogen and oxygen atoms in total. The maximum absolute atomic E-state index is 11.5. The second-order valence-corrected chi connectivity index (χ2v) is 4.11. The zero-order chi connectivity index (χ0) is 15.8. The molecule has 0 saturated heterocycles.